The first-order chi connectivity index (χ1) is 4.75. The average Bonchev–Trinajstić information content (AvgIpc) is 1.95. The zero-order valence-electron chi connectivity index (χ0n) is 6.38. The molecule has 10 heavy (non-hydrogen) atoms. The Kier molecular flexibility index (Phi) is 2.27. The number of aryl methyl sites for hydroxylation is 1. The smallest absolute Gasteiger partial charge is 0.116 e. The minimum atomic E-state index is 1.07. The first-order valence-corrected chi connectivity index (χ1v) is 4.30. The molecular formula is C7H10N2S. The molecule has 0 bridgehead atoms. The van der Waals surface area contributed by atoms with Gasteiger partial charge in [0, 0.05) is 11.3 Å². The fourth-order valence-electron chi connectivity index (χ4n) is 0.722. The third-order valence-electron chi connectivity index (χ3n) is 1.48. The van der Waals surface area contributed by atoms with Gasteiger partial charge in [-0.3, -0.25) is 0 Å². The number of hydrogen-bond acceptors (Lipinski definition) is 3. The summed E-state index contributed by atoms with van der Waals surface area (Å²) in [6.07, 6.45) is 3.63. The summed E-state index contributed by atoms with van der Waals surface area (Å²) in [6, 6.07) is 0. The normalized spacial score (nSPS) is 9.90. The first kappa shape index (κ1) is 7.54. The number of aromatic nitrogens is 2. The third kappa shape index (κ3) is 1.29. The van der Waals surface area contributed by atoms with Crippen molar-refractivity contribution >= 4 is 11.8 Å². The molecule has 2 nitrogen and oxygen atoms in total. The summed E-state index contributed by atoms with van der Waals surface area (Å²) in [4.78, 5) is 8.17. The number of nitrogens with zero attached hydrogens (tertiary/aromatic N) is 2. The molecule has 0 amide bonds. The molecule has 0 spiro atoms. The number of hydrogen-bond donors (Lipinski definition) is 0. The van der Waals surface area contributed by atoms with Gasteiger partial charge in [0.25, 0.3) is 0 Å². The Labute approximate surface area is 65.1 Å². The molecular weight excluding hydrogens is 144 g/mol. The minimum absolute atomic E-state index is 1.07. The van der Waals surface area contributed by atoms with Gasteiger partial charge in [-0.2, -0.15) is 0 Å². The van der Waals surface area contributed by atoms with Gasteiger partial charge in [0.15, 0.2) is 0 Å². The lowest BCUT2D eigenvalue weighted by atomic mass is 10.3. The zero-order chi connectivity index (χ0) is 7.56. The van der Waals surface area contributed by atoms with E-state index in [1.807, 2.05) is 20.1 Å². The summed E-state index contributed by atoms with van der Waals surface area (Å²) in [6.45, 7) is 4.04. The van der Waals surface area contributed by atoms with E-state index in [2.05, 4.69) is 9.97 Å². The predicted molar refractivity (Wildman–Crippen MR) is 43.3 cm³/mol. The van der Waals surface area contributed by atoms with Crippen molar-refractivity contribution in [3.8, 4) is 0 Å². The van der Waals surface area contributed by atoms with Crippen LogP contribution in [0.5, 0.6) is 0 Å². The van der Waals surface area contributed by atoms with Gasteiger partial charge >= 0.3 is 0 Å². The Balaban J connectivity index is 3.14. The van der Waals surface area contributed by atoms with Gasteiger partial charge in [0.05, 0.1) is 0 Å². The maximum atomic E-state index is 4.11. The van der Waals surface area contributed by atoms with Crippen LogP contribution in [-0.4, -0.2) is 16.2 Å². The summed E-state index contributed by atoms with van der Waals surface area (Å²) >= 11 is 1.66. The zero-order valence-corrected chi connectivity index (χ0v) is 7.20. The van der Waals surface area contributed by atoms with Crippen LogP contribution in [0.2, 0.25) is 0 Å². The molecule has 1 heterocycles. The van der Waals surface area contributed by atoms with Crippen molar-refractivity contribution in [2.45, 2.75) is 18.9 Å². The molecule has 0 N–H and O–H groups in total. The summed E-state index contributed by atoms with van der Waals surface area (Å²) in [7, 11) is 0. The third-order valence-corrected chi connectivity index (χ3v) is 2.28. The number of rotatable bonds is 1. The maximum Gasteiger partial charge on any atom is 0.116 e. The lowest BCUT2D eigenvalue weighted by molar-refractivity contribution is 0.964. The highest BCUT2D eigenvalue weighted by molar-refractivity contribution is 7.98. The molecule has 3 heteroatoms. The van der Waals surface area contributed by atoms with E-state index in [1.165, 1.54) is 5.56 Å². The van der Waals surface area contributed by atoms with Crippen LogP contribution < -0.4 is 0 Å². The van der Waals surface area contributed by atoms with E-state index < -0.39 is 0 Å². The van der Waals surface area contributed by atoms with Gasteiger partial charge in [-0.05, 0) is 20.1 Å². The highest BCUT2D eigenvalue weighted by atomic mass is 32.2. The van der Waals surface area contributed by atoms with Crippen molar-refractivity contribution in [1.29, 1.82) is 0 Å². The van der Waals surface area contributed by atoms with Gasteiger partial charge < -0.3 is 0 Å². The van der Waals surface area contributed by atoms with Crippen molar-refractivity contribution < 1.29 is 0 Å². The van der Waals surface area contributed by atoms with Crippen LogP contribution in [0.4, 0.5) is 0 Å². The molecule has 1 rings (SSSR count). The Hall–Kier alpha value is -0.570. The quantitative estimate of drug-likeness (QED) is 0.456. The van der Waals surface area contributed by atoms with Crippen LogP contribution in [0.1, 0.15) is 11.3 Å². The van der Waals surface area contributed by atoms with Gasteiger partial charge in [-0.25, -0.2) is 9.97 Å². The van der Waals surface area contributed by atoms with E-state index in [-0.39, 0.29) is 0 Å². The second-order valence-electron chi connectivity index (χ2n) is 2.09. The van der Waals surface area contributed by atoms with E-state index in [9.17, 15) is 0 Å². The van der Waals surface area contributed by atoms with E-state index in [0.29, 0.717) is 0 Å². The molecule has 0 aliphatic rings. The van der Waals surface area contributed by atoms with E-state index in [0.717, 1.165) is 10.7 Å². The lowest BCUT2D eigenvalue weighted by Crippen LogP contribution is -1.91. The van der Waals surface area contributed by atoms with Crippen molar-refractivity contribution in [2.75, 3.05) is 6.26 Å². The Morgan fingerprint density at radius 3 is 2.50 bits per heavy atom. The van der Waals surface area contributed by atoms with Crippen molar-refractivity contribution in [1.82, 2.24) is 9.97 Å². The maximum absolute atomic E-state index is 4.11. The topological polar surface area (TPSA) is 25.8 Å². The van der Waals surface area contributed by atoms with Crippen LogP contribution in [0.15, 0.2) is 11.4 Å². The van der Waals surface area contributed by atoms with Gasteiger partial charge in [0.2, 0.25) is 0 Å². The van der Waals surface area contributed by atoms with Crippen LogP contribution in [-0.2, 0) is 0 Å². The molecule has 0 saturated heterocycles. The summed E-state index contributed by atoms with van der Waals surface area (Å²) < 4.78 is 0. The summed E-state index contributed by atoms with van der Waals surface area (Å²) in [5.41, 5.74) is 2.26. The second-order valence-corrected chi connectivity index (χ2v) is 2.89. The summed E-state index contributed by atoms with van der Waals surface area (Å²) in [5.74, 6) is 0. The number of thioether (sulfide) groups is 1. The van der Waals surface area contributed by atoms with Crippen LogP contribution in [0.25, 0.3) is 0 Å². The standard InChI is InChI=1S/C7H10N2S/c1-5-6(2)8-4-9-7(5)10-3/h4H,1-3H3. The highest BCUT2D eigenvalue weighted by Gasteiger charge is 1.99. The molecule has 0 aliphatic carbocycles. The fourth-order valence-corrected chi connectivity index (χ4v) is 1.33. The van der Waals surface area contributed by atoms with Crippen molar-refractivity contribution in [3.63, 3.8) is 0 Å². The molecule has 1 aromatic rings. The van der Waals surface area contributed by atoms with Crippen molar-refractivity contribution in [2.24, 2.45) is 0 Å². The Morgan fingerprint density at radius 1 is 1.30 bits per heavy atom. The molecule has 0 saturated carbocycles. The van der Waals surface area contributed by atoms with Crippen LogP contribution >= 0.6 is 11.8 Å². The van der Waals surface area contributed by atoms with E-state index in [4.69, 9.17) is 0 Å². The van der Waals surface area contributed by atoms with Crippen molar-refractivity contribution in [3.05, 3.63) is 17.6 Å². The van der Waals surface area contributed by atoms with Gasteiger partial charge in [0.1, 0.15) is 11.4 Å². The first-order valence-electron chi connectivity index (χ1n) is 3.08. The second kappa shape index (κ2) is 3.01. The fraction of sp³-hybridized carbons (Fsp3) is 0.429. The molecule has 54 valence electrons. The molecule has 0 fully saturated rings. The lowest BCUT2D eigenvalue weighted by Gasteiger charge is -2.01. The molecule has 0 aromatic carbocycles. The molecule has 0 aliphatic heterocycles. The largest absolute Gasteiger partial charge is 0.241 e. The molecule has 0 radical (unpaired) electrons. The van der Waals surface area contributed by atoms with E-state index in [1.54, 1.807) is 18.1 Å². The monoisotopic (exact) mass is 154 g/mol. The van der Waals surface area contributed by atoms with Crippen LogP contribution in [0.3, 0.4) is 0 Å². The Bertz CT molecular complexity index is 235. The summed E-state index contributed by atoms with van der Waals surface area (Å²) in [5, 5.41) is 1.08. The molecule has 0 unspecified atom stereocenters. The minimum Gasteiger partial charge on any atom is -0.241 e. The van der Waals surface area contributed by atoms with E-state index >= 15 is 0 Å². The van der Waals surface area contributed by atoms with Gasteiger partial charge in [-0.15, -0.1) is 11.8 Å². The average molecular weight is 154 g/mol. The Morgan fingerprint density at radius 2 is 2.00 bits per heavy atom. The highest BCUT2D eigenvalue weighted by Crippen LogP contribution is 2.16. The van der Waals surface area contributed by atoms with Crippen LogP contribution in [0, 0.1) is 13.8 Å². The molecule has 0 atom stereocenters. The SMILES string of the molecule is CSc1ncnc(C)c1C. The van der Waals surface area contributed by atoms with Gasteiger partial charge in [-0.1, -0.05) is 0 Å². The molecule has 1 aromatic heterocycles. The predicted octanol–water partition coefficient (Wildman–Crippen LogP) is 1.82.